The van der Waals surface area contributed by atoms with Crippen LogP contribution in [0.15, 0.2) is 24.3 Å². The SMILES string of the molecule is CC1(CNC(=O)c2nc(C3CC3)n(-c3ccccc3Cl)n2)CCNCC1. The van der Waals surface area contributed by atoms with Crippen LogP contribution in [0.2, 0.25) is 5.02 Å². The molecule has 7 heteroatoms. The molecular formula is C19H24ClN5O. The molecule has 2 N–H and O–H groups in total. The minimum Gasteiger partial charge on any atom is -0.349 e. The molecule has 1 amide bonds. The second-order valence-electron chi connectivity index (χ2n) is 7.67. The van der Waals surface area contributed by atoms with E-state index in [0.29, 0.717) is 17.5 Å². The number of nitrogens with zero attached hydrogens (tertiary/aromatic N) is 3. The monoisotopic (exact) mass is 373 g/mol. The molecule has 1 saturated carbocycles. The molecule has 1 aliphatic heterocycles. The van der Waals surface area contributed by atoms with Gasteiger partial charge in [0.05, 0.1) is 10.7 Å². The molecular weight excluding hydrogens is 350 g/mol. The minimum atomic E-state index is -0.211. The Morgan fingerprint density at radius 3 is 2.77 bits per heavy atom. The first kappa shape index (κ1) is 17.5. The zero-order valence-corrected chi connectivity index (χ0v) is 15.7. The Kier molecular flexibility index (Phi) is 4.71. The van der Waals surface area contributed by atoms with Crippen LogP contribution in [0.1, 0.15) is 55.0 Å². The number of aromatic nitrogens is 3. The molecule has 1 aliphatic carbocycles. The van der Waals surface area contributed by atoms with Gasteiger partial charge in [0.2, 0.25) is 5.82 Å². The quantitative estimate of drug-likeness (QED) is 0.845. The summed E-state index contributed by atoms with van der Waals surface area (Å²) in [5.74, 6) is 1.21. The van der Waals surface area contributed by atoms with E-state index in [-0.39, 0.29) is 17.1 Å². The largest absolute Gasteiger partial charge is 0.349 e. The normalized spacial score (nSPS) is 19.3. The minimum absolute atomic E-state index is 0.130. The average Bonchev–Trinajstić information content (AvgIpc) is 3.40. The number of para-hydroxylation sites is 1. The molecule has 1 saturated heterocycles. The molecule has 2 fully saturated rings. The van der Waals surface area contributed by atoms with E-state index in [1.54, 1.807) is 4.68 Å². The molecule has 0 bridgehead atoms. The van der Waals surface area contributed by atoms with Gasteiger partial charge in [-0.25, -0.2) is 9.67 Å². The lowest BCUT2D eigenvalue weighted by Gasteiger charge is -2.33. The molecule has 26 heavy (non-hydrogen) atoms. The molecule has 2 aromatic rings. The molecule has 0 atom stereocenters. The van der Waals surface area contributed by atoms with Crippen LogP contribution in [0.4, 0.5) is 0 Å². The summed E-state index contributed by atoms with van der Waals surface area (Å²) >= 11 is 6.33. The van der Waals surface area contributed by atoms with Crippen LogP contribution in [-0.2, 0) is 0 Å². The van der Waals surface area contributed by atoms with Gasteiger partial charge in [0.25, 0.3) is 5.91 Å². The number of piperidine rings is 1. The molecule has 138 valence electrons. The smallest absolute Gasteiger partial charge is 0.291 e. The molecule has 0 spiro atoms. The predicted molar refractivity (Wildman–Crippen MR) is 101 cm³/mol. The number of carbonyl (C=O) groups is 1. The number of nitrogens with one attached hydrogen (secondary N) is 2. The van der Waals surface area contributed by atoms with Crippen molar-refractivity contribution in [3.63, 3.8) is 0 Å². The Labute approximate surface area is 158 Å². The summed E-state index contributed by atoms with van der Waals surface area (Å²) in [6.07, 6.45) is 4.27. The highest BCUT2D eigenvalue weighted by Crippen LogP contribution is 2.40. The van der Waals surface area contributed by atoms with Crippen LogP contribution in [0.5, 0.6) is 0 Å². The number of halogens is 1. The zero-order valence-electron chi connectivity index (χ0n) is 15.0. The van der Waals surface area contributed by atoms with Crippen LogP contribution in [-0.4, -0.2) is 40.3 Å². The molecule has 1 aromatic carbocycles. The molecule has 0 unspecified atom stereocenters. The van der Waals surface area contributed by atoms with Gasteiger partial charge in [0, 0.05) is 12.5 Å². The molecule has 1 aromatic heterocycles. The zero-order chi connectivity index (χ0) is 18.1. The molecule has 2 heterocycles. The summed E-state index contributed by atoms with van der Waals surface area (Å²) in [5.41, 5.74) is 0.902. The maximum absolute atomic E-state index is 12.7. The Morgan fingerprint density at radius 1 is 1.35 bits per heavy atom. The number of hydrogen-bond acceptors (Lipinski definition) is 4. The van der Waals surface area contributed by atoms with E-state index in [1.807, 2.05) is 24.3 Å². The third-order valence-corrected chi connectivity index (χ3v) is 5.66. The lowest BCUT2D eigenvalue weighted by atomic mass is 9.81. The highest BCUT2D eigenvalue weighted by Gasteiger charge is 2.33. The van der Waals surface area contributed by atoms with E-state index < -0.39 is 0 Å². The highest BCUT2D eigenvalue weighted by atomic mass is 35.5. The van der Waals surface area contributed by atoms with Crippen molar-refractivity contribution in [2.45, 2.75) is 38.5 Å². The lowest BCUT2D eigenvalue weighted by molar-refractivity contribution is 0.0912. The molecule has 0 radical (unpaired) electrons. The van der Waals surface area contributed by atoms with Crippen LogP contribution in [0, 0.1) is 5.41 Å². The van der Waals surface area contributed by atoms with E-state index in [2.05, 4.69) is 27.6 Å². The topological polar surface area (TPSA) is 71.8 Å². The standard InChI is InChI=1S/C19H24ClN5O/c1-19(8-10-21-11-9-19)12-22-18(26)16-23-17(13-6-7-13)25(24-16)15-5-3-2-4-14(15)20/h2-5,13,21H,6-12H2,1H3,(H,22,26). The summed E-state index contributed by atoms with van der Waals surface area (Å²) < 4.78 is 1.74. The second-order valence-corrected chi connectivity index (χ2v) is 8.08. The van der Waals surface area contributed by atoms with Crippen LogP contribution in [0.25, 0.3) is 5.69 Å². The van der Waals surface area contributed by atoms with E-state index in [9.17, 15) is 4.79 Å². The predicted octanol–water partition coefficient (Wildman–Crippen LogP) is 2.92. The third kappa shape index (κ3) is 3.62. The number of rotatable bonds is 5. The number of benzene rings is 1. The van der Waals surface area contributed by atoms with E-state index in [1.165, 1.54) is 0 Å². The van der Waals surface area contributed by atoms with Gasteiger partial charge in [-0.15, -0.1) is 5.10 Å². The Hall–Kier alpha value is -1.92. The van der Waals surface area contributed by atoms with Crippen molar-refractivity contribution < 1.29 is 4.79 Å². The van der Waals surface area contributed by atoms with Crippen LogP contribution < -0.4 is 10.6 Å². The van der Waals surface area contributed by atoms with Crippen LogP contribution >= 0.6 is 11.6 Å². The number of carbonyl (C=O) groups excluding carboxylic acids is 1. The van der Waals surface area contributed by atoms with Crippen molar-refractivity contribution >= 4 is 17.5 Å². The van der Waals surface area contributed by atoms with Crippen molar-refractivity contribution in [1.29, 1.82) is 0 Å². The first-order valence-electron chi connectivity index (χ1n) is 9.26. The van der Waals surface area contributed by atoms with Gasteiger partial charge in [-0.05, 0) is 56.3 Å². The summed E-state index contributed by atoms with van der Waals surface area (Å²) in [5, 5.41) is 11.5. The van der Waals surface area contributed by atoms with Crippen molar-refractivity contribution in [2.75, 3.05) is 19.6 Å². The van der Waals surface area contributed by atoms with Gasteiger partial charge in [0.1, 0.15) is 5.82 Å². The fourth-order valence-corrected chi connectivity index (χ4v) is 3.62. The Morgan fingerprint density at radius 2 is 2.08 bits per heavy atom. The van der Waals surface area contributed by atoms with Gasteiger partial charge in [-0.3, -0.25) is 4.79 Å². The molecule has 6 nitrogen and oxygen atoms in total. The van der Waals surface area contributed by atoms with Crippen molar-refractivity contribution in [2.24, 2.45) is 5.41 Å². The number of amides is 1. The summed E-state index contributed by atoms with van der Waals surface area (Å²) in [7, 11) is 0. The van der Waals surface area contributed by atoms with Gasteiger partial charge >= 0.3 is 0 Å². The second kappa shape index (κ2) is 7.00. The van der Waals surface area contributed by atoms with Crippen molar-refractivity contribution in [1.82, 2.24) is 25.4 Å². The van der Waals surface area contributed by atoms with E-state index in [0.717, 1.165) is 50.3 Å². The highest BCUT2D eigenvalue weighted by molar-refractivity contribution is 6.32. The maximum Gasteiger partial charge on any atom is 0.291 e. The molecule has 2 aliphatic rings. The van der Waals surface area contributed by atoms with Gasteiger partial charge in [-0.2, -0.15) is 0 Å². The van der Waals surface area contributed by atoms with Crippen molar-refractivity contribution in [3.05, 3.63) is 40.9 Å². The third-order valence-electron chi connectivity index (χ3n) is 5.34. The average molecular weight is 374 g/mol. The van der Waals surface area contributed by atoms with Crippen LogP contribution in [0.3, 0.4) is 0 Å². The maximum atomic E-state index is 12.7. The fraction of sp³-hybridized carbons (Fsp3) is 0.526. The van der Waals surface area contributed by atoms with Crippen molar-refractivity contribution in [3.8, 4) is 5.69 Å². The first-order valence-corrected chi connectivity index (χ1v) is 9.64. The van der Waals surface area contributed by atoms with E-state index in [4.69, 9.17) is 11.6 Å². The van der Waals surface area contributed by atoms with Gasteiger partial charge < -0.3 is 10.6 Å². The molecule has 4 rings (SSSR count). The number of hydrogen-bond donors (Lipinski definition) is 2. The fourth-order valence-electron chi connectivity index (χ4n) is 3.41. The first-order chi connectivity index (χ1) is 12.6. The Bertz CT molecular complexity index is 808. The van der Waals surface area contributed by atoms with Gasteiger partial charge in [0.15, 0.2) is 0 Å². The lowest BCUT2D eigenvalue weighted by Crippen LogP contribution is -2.43. The Balaban J connectivity index is 1.54. The van der Waals surface area contributed by atoms with E-state index >= 15 is 0 Å². The summed E-state index contributed by atoms with van der Waals surface area (Å²) in [4.78, 5) is 17.2. The summed E-state index contributed by atoms with van der Waals surface area (Å²) in [6.45, 7) is 4.86. The van der Waals surface area contributed by atoms with Gasteiger partial charge in [-0.1, -0.05) is 30.7 Å². The summed E-state index contributed by atoms with van der Waals surface area (Å²) in [6, 6.07) is 7.53.